The van der Waals surface area contributed by atoms with Crippen molar-refractivity contribution in [2.24, 2.45) is 0 Å². The summed E-state index contributed by atoms with van der Waals surface area (Å²) in [5.41, 5.74) is 0. The Labute approximate surface area is 101 Å². The van der Waals surface area contributed by atoms with E-state index >= 15 is 0 Å². The maximum atomic E-state index is 10.1. The summed E-state index contributed by atoms with van der Waals surface area (Å²) in [4.78, 5) is 20.0. The first-order valence-electron chi connectivity index (χ1n) is 3.32. The number of carboxylic acids is 1. The second kappa shape index (κ2) is 7.30. The van der Waals surface area contributed by atoms with E-state index in [1.54, 1.807) is 0 Å². The van der Waals surface area contributed by atoms with Crippen molar-refractivity contribution >= 4 is 41.8 Å². The number of aliphatic hydroxyl groups excluding tert-OH is 4. The van der Waals surface area contributed by atoms with Crippen molar-refractivity contribution in [2.75, 3.05) is 0 Å². The molecule has 0 aliphatic rings. The summed E-state index contributed by atoms with van der Waals surface area (Å²) in [6.45, 7) is 0. The van der Waals surface area contributed by atoms with Crippen molar-refractivity contribution < 1.29 is 35.1 Å². The Bertz CT molecular complexity index is 197. The fourth-order valence-corrected chi connectivity index (χ4v) is 0.615. The van der Waals surface area contributed by atoms with Crippen LogP contribution in [-0.4, -0.2) is 91.8 Å². The third kappa shape index (κ3) is 4.47. The van der Waals surface area contributed by atoms with Gasteiger partial charge in [-0.05, 0) is 0 Å². The SMILES string of the molecule is O=C[C@H](O)[C@H](O)[C@@H](O)[C@H](O)C(=O)O.[NaH]. The molecule has 78 valence electrons. The van der Waals surface area contributed by atoms with Crippen molar-refractivity contribution in [1.29, 1.82) is 0 Å². The Kier molecular flexibility index (Phi) is 8.55. The molecule has 0 radical (unpaired) electrons. The first-order valence-corrected chi connectivity index (χ1v) is 3.32. The average molecular weight is 218 g/mol. The standard InChI is InChI=1S/C6H10O7.Na.H/c7-1-2(8)3(9)4(10)5(11)6(12)13;;/h1-5,8-11H,(H,12,13);;/t2-,3-,4+,5-;;/m0../s1. The Morgan fingerprint density at radius 2 is 1.50 bits per heavy atom. The van der Waals surface area contributed by atoms with Crippen LogP contribution in [-0.2, 0) is 9.59 Å². The minimum absolute atomic E-state index is 0. The number of aliphatic carboxylic acids is 1. The van der Waals surface area contributed by atoms with E-state index in [9.17, 15) is 9.59 Å². The summed E-state index contributed by atoms with van der Waals surface area (Å²) in [7, 11) is 0. The van der Waals surface area contributed by atoms with Crippen molar-refractivity contribution in [3.8, 4) is 0 Å². The topological polar surface area (TPSA) is 135 Å². The Hall–Kier alpha value is -0.0200. The van der Waals surface area contributed by atoms with Crippen LogP contribution in [0, 0.1) is 0 Å². The molecule has 0 amide bonds. The van der Waals surface area contributed by atoms with Crippen LogP contribution in [0.4, 0.5) is 0 Å². The van der Waals surface area contributed by atoms with Crippen LogP contribution in [0.1, 0.15) is 0 Å². The average Bonchev–Trinajstić information content (AvgIpc) is 2.12. The zero-order valence-electron chi connectivity index (χ0n) is 6.44. The van der Waals surface area contributed by atoms with Crippen molar-refractivity contribution in [3.63, 3.8) is 0 Å². The number of hydrogen-bond acceptors (Lipinski definition) is 6. The zero-order valence-corrected chi connectivity index (χ0v) is 6.44. The van der Waals surface area contributed by atoms with Gasteiger partial charge in [-0.15, -0.1) is 0 Å². The van der Waals surface area contributed by atoms with Crippen LogP contribution in [0.2, 0.25) is 0 Å². The number of rotatable bonds is 5. The molecule has 0 bridgehead atoms. The molecule has 0 saturated heterocycles. The van der Waals surface area contributed by atoms with Crippen LogP contribution in [0.25, 0.3) is 0 Å². The maximum absolute atomic E-state index is 10.1. The number of carboxylic acid groups (broad SMARTS) is 1. The molecular formula is C6H11NaO7. The molecule has 7 nitrogen and oxygen atoms in total. The van der Waals surface area contributed by atoms with Crippen LogP contribution in [0.3, 0.4) is 0 Å². The summed E-state index contributed by atoms with van der Waals surface area (Å²) >= 11 is 0. The number of aliphatic hydroxyl groups is 4. The van der Waals surface area contributed by atoms with Gasteiger partial charge in [0.1, 0.15) is 18.3 Å². The van der Waals surface area contributed by atoms with Crippen molar-refractivity contribution in [2.45, 2.75) is 24.4 Å². The molecule has 0 aromatic heterocycles. The summed E-state index contributed by atoms with van der Waals surface area (Å²) < 4.78 is 0. The predicted molar refractivity (Wildman–Crippen MR) is 44.9 cm³/mol. The van der Waals surface area contributed by atoms with E-state index in [2.05, 4.69) is 0 Å². The number of aldehydes is 1. The van der Waals surface area contributed by atoms with Gasteiger partial charge in [-0.2, -0.15) is 0 Å². The van der Waals surface area contributed by atoms with E-state index in [0.29, 0.717) is 0 Å². The molecule has 0 spiro atoms. The summed E-state index contributed by atoms with van der Waals surface area (Å²) in [6.07, 6.45) is -8.39. The van der Waals surface area contributed by atoms with Gasteiger partial charge in [0.25, 0.3) is 0 Å². The van der Waals surface area contributed by atoms with Gasteiger partial charge < -0.3 is 30.3 Å². The molecule has 0 aromatic rings. The van der Waals surface area contributed by atoms with Crippen LogP contribution in [0.5, 0.6) is 0 Å². The minimum atomic E-state index is -2.25. The number of carbonyl (C=O) groups excluding carboxylic acids is 1. The van der Waals surface area contributed by atoms with Crippen LogP contribution < -0.4 is 0 Å². The molecule has 8 heteroatoms. The summed E-state index contributed by atoms with van der Waals surface area (Å²) in [5.74, 6) is -1.76. The summed E-state index contributed by atoms with van der Waals surface area (Å²) in [5, 5.41) is 43.2. The third-order valence-electron chi connectivity index (χ3n) is 1.42. The Morgan fingerprint density at radius 3 is 1.79 bits per heavy atom. The predicted octanol–water partition coefficient (Wildman–Crippen LogP) is -3.94. The molecule has 0 rings (SSSR count). The van der Waals surface area contributed by atoms with Gasteiger partial charge in [-0.3, -0.25) is 0 Å². The van der Waals surface area contributed by atoms with Gasteiger partial charge in [-0.25, -0.2) is 4.79 Å². The number of carbonyl (C=O) groups is 2. The molecule has 14 heavy (non-hydrogen) atoms. The first kappa shape index (κ1) is 16.4. The monoisotopic (exact) mass is 218 g/mol. The molecule has 0 heterocycles. The second-order valence-corrected chi connectivity index (χ2v) is 2.39. The zero-order chi connectivity index (χ0) is 10.6. The fourth-order valence-electron chi connectivity index (χ4n) is 0.615. The van der Waals surface area contributed by atoms with Gasteiger partial charge in [-0.1, -0.05) is 0 Å². The summed E-state index contributed by atoms with van der Waals surface area (Å²) in [6, 6.07) is 0. The second-order valence-electron chi connectivity index (χ2n) is 2.39. The molecule has 0 aromatic carbocycles. The van der Waals surface area contributed by atoms with Crippen LogP contribution >= 0.6 is 0 Å². The molecule has 5 N–H and O–H groups in total. The van der Waals surface area contributed by atoms with Gasteiger partial charge in [0.15, 0.2) is 12.4 Å². The number of hydrogen-bond donors (Lipinski definition) is 5. The van der Waals surface area contributed by atoms with E-state index in [4.69, 9.17) is 25.5 Å². The van der Waals surface area contributed by atoms with Gasteiger partial charge in [0.05, 0.1) is 0 Å². The molecular weight excluding hydrogens is 207 g/mol. The van der Waals surface area contributed by atoms with E-state index in [1.165, 1.54) is 0 Å². The van der Waals surface area contributed by atoms with E-state index < -0.39 is 30.4 Å². The molecule has 0 fully saturated rings. The van der Waals surface area contributed by atoms with Crippen molar-refractivity contribution in [1.82, 2.24) is 0 Å². The third-order valence-corrected chi connectivity index (χ3v) is 1.42. The quantitative estimate of drug-likeness (QED) is 0.235. The van der Waals surface area contributed by atoms with Gasteiger partial charge in [0.2, 0.25) is 0 Å². The molecule has 0 aliphatic heterocycles. The Morgan fingerprint density at radius 1 is 1.07 bits per heavy atom. The molecule has 0 saturated carbocycles. The van der Waals surface area contributed by atoms with Crippen LogP contribution in [0.15, 0.2) is 0 Å². The molecule has 0 unspecified atom stereocenters. The van der Waals surface area contributed by atoms with Gasteiger partial charge >= 0.3 is 35.5 Å². The van der Waals surface area contributed by atoms with Gasteiger partial charge in [0, 0.05) is 0 Å². The first-order chi connectivity index (χ1) is 5.91. The Balaban J connectivity index is 0. The van der Waals surface area contributed by atoms with Crippen molar-refractivity contribution in [3.05, 3.63) is 0 Å². The molecule has 4 atom stereocenters. The van der Waals surface area contributed by atoms with E-state index in [-0.39, 0.29) is 35.8 Å². The normalized spacial score (nSPS) is 18.6. The van der Waals surface area contributed by atoms with E-state index in [0.717, 1.165) is 0 Å². The van der Waals surface area contributed by atoms with E-state index in [1.807, 2.05) is 0 Å². The fraction of sp³-hybridized carbons (Fsp3) is 0.667. The molecule has 0 aliphatic carbocycles.